The molecule has 0 bridgehead atoms. The lowest BCUT2D eigenvalue weighted by Gasteiger charge is -2.12. The quantitative estimate of drug-likeness (QED) is 0.532. The summed E-state index contributed by atoms with van der Waals surface area (Å²) in [5.41, 5.74) is 1.44. The van der Waals surface area contributed by atoms with Crippen LogP contribution < -0.4 is 0 Å². The second-order valence-electron chi connectivity index (χ2n) is 6.45. The van der Waals surface area contributed by atoms with Crippen molar-refractivity contribution in [2.24, 2.45) is 0 Å². The van der Waals surface area contributed by atoms with Crippen LogP contribution >= 0.6 is 11.3 Å². The average Bonchev–Trinajstić information content (AvgIpc) is 3.21. The summed E-state index contributed by atoms with van der Waals surface area (Å²) in [5, 5.41) is 0. The number of aryl methyl sites for hydroxylation is 2. The summed E-state index contributed by atoms with van der Waals surface area (Å²) >= 11 is 1.38. The summed E-state index contributed by atoms with van der Waals surface area (Å²) in [6.07, 6.45) is -1.13. The number of carbonyl (C=O) groups excluding carboxylic acids is 4. The molecule has 150 valence electrons. The topological polar surface area (TPSA) is 103 Å². The number of ketones is 2. The number of carbonyl (C=O) groups is 4. The Morgan fingerprint density at radius 3 is 2.36 bits per heavy atom. The number of methoxy groups -OCH3 is 1. The Bertz CT molecular complexity index is 923. The monoisotopic (exact) mass is 405 g/mol. The number of hydrogen-bond acceptors (Lipinski definition) is 7. The van der Waals surface area contributed by atoms with Gasteiger partial charge in [0, 0.05) is 17.0 Å². The molecule has 7 nitrogen and oxygen atoms in total. The molecule has 0 aliphatic heterocycles. The highest BCUT2D eigenvalue weighted by molar-refractivity contribution is 7.14. The van der Waals surface area contributed by atoms with Crippen LogP contribution in [-0.2, 0) is 14.3 Å². The molecule has 8 heteroatoms. The third-order valence-electron chi connectivity index (χ3n) is 4.32. The van der Waals surface area contributed by atoms with Crippen molar-refractivity contribution in [3.8, 4) is 0 Å². The zero-order valence-corrected chi connectivity index (χ0v) is 17.3. The number of H-pyrrole nitrogens is 1. The number of thiophene rings is 1. The number of aromatic amines is 1. The number of rotatable bonds is 8. The van der Waals surface area contributed by atoms with Crippen LogP contribution in [0.2, 0.25) is 0 Å². The number of Topliss-reactive ketones (excluding diaryl/α,β-unsaturated/α-hetero) is 2. The largest absolute Gasteiger partial charge is 0.465 e. The van der Waals surface area contributed by atoms with Crippen LogP contribution in [0.3, 0.4) is 0 Å². The lowest BCUT2D eigenvalue weighted by atomic mass is 10.1. The van der Waals surface area contributed by atoms with Crippen molar-refractivity contribution >= 4 is 34.8 Å². The highest BCUT2D eigenvalue weighted by Crippen LogP contribution is 2.21. The molecule has 0 aromatic carbocycles. The number of hydrogen-bond donors (Lipinski definition) is 1. The van der Waals surface area contributed by atoms with Gasteiger partial charge in [-0.25, -0.2) is 4.79 Å². The van der Waals surface area contributed by atoms with Gasteiger partial charge in [-0.3, -0.25) is 14.4 Å². The normalized spacial score (nSPS) is 11.8. The summed E-state index contributed by atoms with van der Waals surface area (Å²) in [7, 11) is 1.26. The van der Waals surface area contributed by atoms with Crippen molar-refractivity contribution in [3.63, 3.8) is 0 Å². The fraction of sp³-hybridized carbons (Fsp3) is 0.400. The van der Waals surface area contributed by atoms with Crippen LogP contribution in [-0.4, -0.2) is 41.7 Å². The molecule has 1 unspecified atom stereocenters. The van der Waals surface area contributed by atoms with E-state index < -0.39 is 23.8 Å². The Kier molecular flexibility index (Phi) is 6.90. The van der Waals surface area contributed by atoms with Crippen molar-refractivity contribution in [2.75, 3.05) is 7.11 Å². The molecular weight excluding hydrogens is 382 g/mol. The van der Waals surface area contributed by atoms with Gasteiger partial charge < -0.3 is 14.5 Å². The maximum absolute atomic E-state index is 12.6. The molecule has 2 aromatic heterocycles. The molecule has 1 atom stereocenters. The van der Waals surface area contributed by atoms with Crippen molar-refractivity contribution < 1.29 is 28.7 Å². The van der Waals surface area contributed by atoms with Gasteiger partial charge in [-0.15, -0.1) is 11.3 Å². The molecule has 0 spiro atoms. The average molecular weight is 405 g/mol. The minimum atomic E-state index is -1.05. The van der Waals surface area contributed by atoms with Crippen LogP contribution in [0.25, 0.3) is 0 Å². The van der Waals surface area contributed by atoms with Crippen LogP contribution in [0, 0.1) is 20.8 Å². The molecule has 0 radical (unpaired) electrons. The molecule has 0 aliphatic carbocycles. The van der Waals surface area contributed by atoms with E-state index >= 15 is 0 Å². The molecular formula is C20H23NO6S. The van der Waals surface area contributed by atoms with Gasteiger partial charge in [-0.05, 0) is 45.4 Å². The van der Waals surface area contributed by atoms with E-state index in [1.165, 1.54) is 25.4 Å². The zero-order valence-electron chi connectivity index (χ0n) is 16.5. The molecule has 0 amide bonds. The van der Waals surface area contributed by atoms with Crippen LogP contribution in [0.4, 0.5) is 0 Å². The van der Waals surface area contributed by atoms with Gasteiger partial charge in [-0.1, -0.05) is 0 Å². The van der Waals surface area contributed by atoms with E-state index in [4.69, 9.17) is 9.47 Å². The Hall–Kier alpha value is -2.74. The predicted molar refractivity (Wildman–Crippen MR) is 104 cm³/mol. The van der Waals surface area contributed by atoms with Crippen molar-refractivity contribution in [1.82, 2.24) is 4.98 Å². The van der Waals surface area contributed by atoms with E-state index in [9.17, 15) is 19.2 Å². The highest BCUT2D eigenvalue weighted by Gasteiger charge is 2.27. The summed E-state index contributed by atoms with van der Waals surface area (Å²) < 4.78 is 9.90. The van der Waals surface area contributed by atoms with Crippen molar-refractivity contribution in [1.29, 1.82) is 0 Å². The third-order valence-corrected chi connectivity index (χ3v) is 5.36. The van der Waals surface area contributed by atoms with Gasteiger partial charge in [0.05, 0.1) is 29.7 Å². The standard InChI is InChI=1S/C20H23NO6S/c1-10-6-8-15(28-10)14(22)7-9-16(23)27-13(4)19(24)18-11(2)17(12(3)21-18)20(25)26-5/h6,8,13,21H,7,9H2,1-5H3. The fourth-order valence-corrected chi connectivity index (χ4v) is 3.68. The van der Waals surface area contributed by atoms with E-state index in [1.54, 1.807) is 19.9 Å². The Labute approximate surface area is 167 Å². The molecule has 0 fully saturated rings. The summed E-state index contributed by atoms with van der Waals surface area (Å²) in [4.78, 5) is 53.0. The summed E-state index contributed by atoms with van der Waals surface area (Å²) in [6.45, 7) is 6.64. The molecule has 0 saturated carbocycles. The van der Waals surface area contributed by atoms with Crippen LogP contribution in [0.1, 0.15) is 66.4 Å². The number of nitrogens with one attached hydrogen (secondary N) is 1. The smallest absolute Gasteiger partial charge is 0.339 e. The molecule has 0 saturated heterocycles. The third kappa shape index (κ3) is 4.75. The van der Waals surface area contributed by atoms with Gasteiger partial charge >= 0.3 is 11.9 Å². The summed E-state index contributed by atoms with van der Waals surface area (Å²) in [5.74, 6) is -1.76. The van der Waals surface area contributed by atoms with Crippen LogP contribution in [0.15, 0.2) is 12.1 Å². The second-order valence-corrected chi connectivity index (χ2v) is 7.73. The number of esters is 2. The van der Waals surface area contributed by atoms with Gasteiger partial charge in [0.15, 0.2) is 11.9 Å². The predicted octanol–water partition coefficient (Wildman–Crippen LogP) is 3.57. The minimum Gasteiger partial charge on any atom is -0.465 e. The highest BCUT2D eigenvalue weighted by atomic mass is 32.1. The van der Waals surface area contributed by atoms with Gasteiger partial charge in [-0.2, -0.15) is 0 Å². The fourth-order valence-electron chi connectivity index (χ4n) is 2.84. The number of ether oxygens (including phenoxy) is 2. The minimum absolute atomic E-state index is 0.0207. The first-order chi connectivity index (χ1) is 13.1. The summed E-state index contributed by atoms with van der Waals surface area (Å²) in [6, 6.07) is 3.58. The van der Waals surface area contributed by atoms with Gasteiger partial charge in [0.2, 0.25) is 5.78 Å². The van der Waals surface area contributed by atoms with Crippen LogP contribution in [0.5, 0.6) is 0 Å². The lowest BCUT2D eigenvalue weighted by molar-refractivity contribution is -0.146. The second kappa shape index (κ2) is 8.97. The van der Waals surface area contributed by atoms with E-state index in [0.29, 0.717) is 21.7 Å². The van der Waals surface area contributed by atoms with Crippen molar-refractivity contribution in [3.05, 3.63) is 44.4 Å². The first-order valence-corrected chi connectivity index (χ1v) is 9.58. The van der Waals surface area contributed by atoms with E-state index in [-0.39, 0.29) is 24.3 Å². The van der Waals surface area contributed by atoms with Crippen molar-refractivity contribution in [2.45, 2.75) is 46.6 Å². The SMILES string of the molecule is COC(=O)c1c(C)[nH]c(C(=O)C(C)OC(=O)CCC(=O)c2ccc(C)s2)c1C. The molecule has 1 N–H and O–H groups in total. The van der Waals surface area contributed by atoms with Gasteiger partial charge in [0.25, 0.3) is 0 Å². The first kappa shape index (κ1) is 21.6. The Balaban J connectivity index is 1.97. The van der Waals surface area contributed by atoms with E-state index in [2.05, 4.69) is 4.98 Å². The number of aromatic nitrogens is 1. The van der Waals surface area contributed by atoms with E-state index in [0.717, 1.165) is 4.88 Å². The van der Waals surface area contributed by atoms with E-state index in [1.807, 2.05) is 13.0 Å². The lowest BCUT2D eigenvalue weighted by Crippen LogP contribution is -2.25. The molecule has 2 heterocycles. The first-order valence-electron chi connectivity index (χ1n) is 8.76. The molecule has 0 aliphatic rings. The van der Waals surface area contributed by atoms with Gasteiger partial charge in [0.1, 0.15) is 0 Å². The Morgan fingerprint density at radius 2 is 1.79 bits per heavy atom. The molecule has 2 rings (SSSR count). The molecule has 2 aromatic rings. The Morgan fingerprint density at radius 1 is 1.11 bits per heavy atom. The maximum Gasteiger partial charge on any atom is 0.339 e. The maximum atomic E-state index is 12.6. The molecule has 28 heavy (non-hydrogen) atoms. The zero-order chi connectivity index (χ0) is 21.0.